The van der Waals surface area contributed by atoms with Crippen molar-refractivity contribution >= 4 is 23.1 Å². The molecule has 23 heavy (non-hydrogen) atoms. The molecular formula is C14H13FN4O4. The van der Waals surface area contributed by atoms with E-state index in [9.17, 15) is 24.1 Å². The summed E-state index contributed by atoms with van der Waals surface area (Å²) >= 11 is 0. The van der Waals surface area contributed by atoms with Crippen molar-refractivity contribution in [2.24, 2.45) is 7.05 Å². The predicted octanol–water partition coefficient (Wildman–Crippen LogP) is 1.91. The zero-order valence-electron chi connectivity index (χ0n) is 12.6. The summed E-state index contributed by atoms with van der Waals surface area (Å²) in [5.74, 6) is -2.86. The van der Waals surface area contributed by atoms with Crippen LogP contribution in [-0.4, -0.2) is 26.4 Å². The Morgan fingerprint density at radius 1 is 1.35 bits per heavy atom. The number of anilines is 1. The Balaban J connectivity index is 2.30. The Morgan fingerprint density at radius 2 is 2.00 bits per heavy atom. The first-order valence-corrected chi connectivity index (χ1v) is 6.52. The zero-order chi connectivity index (χ0) is 17.3. The largest absolute Gasteiger partial charge is 0.316 e. The standard InChI is InChI=1S/C14H13FN4O4/c1-7-12(8(2)18(3)17-7)13(20)14(21)16-11-6-9(19(22)23)4-5-10(11)15/h4-6H,1-3H3,(H,16,21). The maximum absolute atomic E-state index is 13.7. The number of amides is 1. The van der Waals surface area contributed by atoms with Gasteiger partial charge in [-0.1, -0.05) is 0 Å². The van der Waals surface area contributed by atoms with E-state index in [-0.39, 0.29) is 5.56 Å². The topological polar surface area (TPSA) is 107 Å². The first-order valence-electron chi connectivity index (χ1n) is 6.52. The number of nitrogens with one attached hydrogen (secondary N) is 1. The summed E-state index contributed by atoms with van der Waals surface area (Å²) in [4.78, 5) is 34.2. The van der Waals surface area contributed by atoms with Gasteiger partial charge in [0.1, 0.15) is 5.82 Å². The third kappa shape index (κ3) is 3.07. The van der Waals surface area contributed by atoms with Crippen LogP contribution in [0.5, 0.6) is 0 Å². The van der Waals surface area contributed by atoms with Gasteiger partial charge < -0.3 is 5.32 Å². The number of rotatable bonds is 4. The van der Waals surface area contributed by atoms with Crippen molar-refractivity contribution in [1.29, 1.82) is 0 Å². The quantitative estimate of drug-likeness (QED) is 0.401. The second-order valence-electron chi connectivity index (χ2n) is 4.87. The molecule has 0 radical (unpaired) electrons. The molecule has 1 heterocycles. The maximum Gasteiger partial charge on any atom is 0.296 e. The third-order valence-corrected chi connectivity index (χ3v) is 3.35. The maximum atomic E-state index is 13.7. The normalized spacial score (nSPS) is 10.4. The third-order valence-electron chi connectivity index (χ3n) is 3.35. The fourth-order valence-electron chi connectivity index (χ4n) is 2.12. The first-order chi connectivity index (χ1) is 10.7. The summed E-state index contributed by atoms with van der Waals surface area (Å²) in [6, 6.07) is 2.66. The molecule has 0 atom stereocenters. The average molecular weight is 320 g/mol. The van der Waals surface area contributed by atoms with Crippen molar-refractivity contribution in [2.75, 3.05) is 5.32 Å². The van der Waals surface area contributed by atoms with Gasteiger partial charge in [0.25, 0.3) is 17.4 Å². The van der Waals surface area contributed by atoms with Gasteiger partial charge in [-0.25, -0.2) is 4.39 Å². The first kappa shape index (κ1) is 16.3. The van der Waals surface area contributed by atoms with Crippen LogP contribution in [0, 0.1) is 29.8 Å². The molecule has 0 aliphatic heterocycles. The summed E-state index contributed by atoms with van der Waals surface area (Å²) in [7, 11) is 1.62. The van der Waals surface area contributed by atoms with Crippen LogP contribution in [-0.2, 0) is 11.8 Å². The zero-order valence-corrected chi connectivity index (χ0v) is 12.6. The fourth-order valence-corrected chi connectivity index (χ4v) is 2.12. The molecule has 0 unspecified atom stereocenters. The number of benzene rings is 1. The van der Waals surface area contributed by atoms with Crippen LogP contribution in [0.2, 0.25) is 0 Å². The Hall–Kier alpha value is -3.10. The second kappa shape index (κ2) is 5.95. The van der Waals surface area contributed by atoms with E-state index in [0.29, 0.717) is 11.4 Å². The van der Waals surface area contributed by atoms with Gasteiger partial charge in [-0.3, -0.25) is 24.4 Å². The van der Waals surface area contributed by atoms with Crippen molar-refractivity contribution < 1.29 is 18.9 Å². The van der Waals surface area contributed by atoms with Crippen LogP contribution in [0.3, 0.4) is 0 Å². The van der Waals surface area contributed by atoms with Crippen LogP contribution >= 0.6 is 0 Å². The van der Waals surface area contributed by atoms with Crippen molar-refractivity contribution in [3.05, 3.63) is 51.1 Å². The van der Waals surface area contributed by atoms with E-state index in [2.05, 4.69) is 10.4 Å². The van der Waals surface area contributed by atoms with E-state index in [1.807, 2.05) is 0 Å². The van der Waals surface area contributed by atoms with Gasteiger partial charge in [0.2, 0.25) is 0 Å². The molecule has 0 bridgehead atoms. The lowest BCUT2D eigenvalue weighted by molar-refractivity contribution is -0.384. The molecule has 120 valence electrons. The lowest BCUT2D eigenvalue weighted by Gasteiger charge is -2.06. The van der Waals surface area contributed by atoms with Gasteiger partial charge in [-0.2, -0.15) is 5.10 Å². The Labute approximate surface area is 130 Å². The molecule has 8 nitrogen and oxygen atoms in total. The number of aryl methyl sites for hydroxylation is 2. The lowest BCUT2D eigenvalue weighted by atomic mass is 10.1. The number of carbonyl (C=O) groups excluding carboxylic acids is 2. The van der Waals surface area contributed by atoms with E-state index in [4.69, 9.17) is 0 Å². The number of nitro benzene ring substituents is 1. The number of ketones is 1. The number of non-ortho nitro benzene ring substituents is 1. The van der Waals surface area contributed by atoms with Gasteiger partial charge in [-0.05, 0) is 19.9 Å². The number of nitrogens with zero attached hydrogens (tertiary/aromatic N) is 3. The summed E-state index contributed by atoms with van der Waals surface area (Å²) in [5, 5.41) is 16.8. The van der Waals surface area contributed by atoms with E-state index in [1.54, 1.807) is 20.9 Å². The Morgan fingerprint density at radius 3 is 2.52 bits per heavy atom. The number of carbonyl (C=O) groups is 2. The number of hydrogen-bond donors (Lipinski definition) is 1. The van der Waals surface area contributed by atoms with E-state index in [1.165, 1.54) is 4.68 Å². The van der Waals surface area contributed by atoms with Crippen LogP contribution < -0.4 is 5.32 Å². The molecule has 0 spiro atoms. The van der Waals surface area contributed by atoms with E-state index < -0.39 is 33.8 Å². The molecule has 0 aliphatic carbocycles. The smallest absolute Gasteiger partial charge is 0.296 e. The lowest BCUT2D eigenvalue weighted by Crippen LogP contribution is -2.24. The average Bonchev–Trinajstić information content (AvgIpc) is 2.73. The van der Waals surface area contributed by atoms with Gasteiger partial charge in [0.05, 0.1) is 21.9 Å². The minimum absolute atomic E-state index is 0.121. The SMILES string of the molecule is Cc1nn(C)c(C)c1C(=O)C(=O)Nc1cc([N+](=O)[O-])ccc1F. The summed E-state index contributed by atoms with van der Waals surface area (Å²) in [6.45, 7) is 3.19. The van der Waals surface area contributed by atoms with E-state index >= 15 is 0 Å². The second-order valence-corrected chi connectivity index (χ2v) is 4.87. The van der Waals surface area contributed by atoms with Crippen LogP contribution in [0.25, 0.3) is 0 Å². The highest BCUT2D eigenvalue weighted by molar-refractivity contribution is 6.47. The molecule has 0 saturated heterocycles. The molecule has 2 rings (SSSR count). The highest BCUT2D eigenvalue weighted by Crippen LogP contribution is 2.22. The van der Waals surface area contributed by atoms with Gasteiger partial charge in [-0.15, -0.1) is 0 Å². The highest BCUT2D eigenvalue weighted by Gasteiger charge is 2.25. The minimum atomic E-state index is -1.09. The van der Waals surface area contributed by atoms with Gasteiger partial charge in [0.15, 0.2) is 0 Å². The summed E-state index contributed by atoms with van der Waals surface area (Å²) in [5.41, 5.74) is 0.141. The summed E-state index contributed by atoms with van der Waals surface area (Å²) < 4.78 is 15.1. The summed E-state index contributed by atoms with van der Waals surface area (Å²) in [6.07, 6.45) is 0. The molecule has 0 saturated carbocycles. The Bertz CT molecular complexity index is 828. The van der Waals surface area contributed by atoms with Crippen molar-refractivity contribution in [1.82, 2.24) is 9.78 Å². The molecule has 1 amide bonds. The molecule has 1 aromatic carbocycles. The molecular weight excluding hydrogens is 307 g/mol. The molecule has 1 N–H and O–H groups in total. The van der Waals surface area contributed by atoms with Crippen molar-refractivity contribution in [3.8, 4) is 0 Å². The van der Waals surface area contributed by atoms with E-state index in [0.717, 1.165) is 18.2 Å². The molecule has 9 heteroatoms. The number of halogens is 1. The van der Waals surface area contributed by atoms with Crippen molar-refractivity contribution in [3.63, 3.8) is 0 Å². The molecule has 0 aliphatic rings. The highest BCUT2D eigenvalue weighted by atomic mass is 19.1. The van der Waals surface area contributed by atoms with Crippen LogP contribution in [0.15, 0.2) is 18.2 Å². The van der Waals surface area contributed by atoms with Gasteiger partial charge in [0, 0.05) is 24.9 Å². The number of aromatic nitrogens is 2. The molecule has 0 fully saturated rings. The van der Waals surface area contributed by atoms with Gasteiger partial charge >= 0.3 is 0 Å². The molecule has 2 aromatic rings. The minimum Gasteiger partial charge on any atom is -0.316 e. The predicted molar refractivity (Wildman–Crippen MR) is 78.7 cm³/mol. The monoisotopic (exact) mass is 320 g/mol. The fraction of sp³-hybridized carbons (Fsp3) is 0.214. The number of nitro groups is 1. The molecule has 1 aromatic heterocycles. The number of Topliss-reactive ketones (excluding diaryl/α,β-unsaturated/α-hetero) is 1. The van der Waals surface area contributed by atoms with Crippen LogP contribution in [0.4, 0.5) is 15.8 Å². The Kier molecular flexibility index (Phi) is 4.21. The van der Waals surface area contributed by atoms with Crippen molar-refractivity contribution in [2.45, 2.75) is 13.8 Å². The number of hydrogen-bond acceptors (Lipinski definition) is 5. The van der Waals surface area contributed by atoms with Crippen LogP contribution in [0.1, 0.15) is 21.7 Å².